The van der Waals surface area contributed by atoms with Crippen LogP contribution >= 0.6 is 0 Å². The highest BCUT2D eigenvalue weighted by atomic mass is 19.1. The van der Waals surface area contributed by atoms with Crippen LogP contribution in [0.3, 0.4) is 0 Å². The van der Waals surface area contributed by atoms with Crippen molar-refractivity contribution in [3.05, 3.63) is 0 Å². The molecule has 8 nitrogen and oxygen atoms in total. The van der Waals surface area contributed by atoms with Gasteiger partial charge in [-0.15, -0.1) is 0 Å². The van der Waals surface area contributed by atoms with Crippen LogP contribution in [0, 0.1) is 0 Å². The predicted octanol–water partition coefficient (Wildman–Crippen LogP) is 1.35. The van der Waals surface area contributed by atoms with Crippen molar-refractivity contribution in [3.63, 3.8) is 0 Å². The van der Waals surface area contributed by atoms with E-state index in [-0.39, 0.29) is 13.2 Å². The predicted molar refractivity (Wildman–Crippen MR) is 64.3 cm³/mol. The molecular weight excluding hydrogens is 291 g/mol. The Labute approximate surface area is 120 Å². The lowest BCUT2D eigenvalue weighted by atomic mass is 10.0. The number of carbonyl (C=O) groups excluding carboxylic acids is 3. The smallest absolute Gasteiger partial charge is 0.452 e. The lowest BCUT2D eigenvalue weighted by molar-refractivity contribution is -0.150. The van der Waals surface area contributed by atoms with E-state index < -0.39 is 42.8 Å². The summed E-state index contributed by atoms with van der Waals surface area (Å²) in [6.07, 6.45) is -5.01. The van der Waals surface area contributed by atoms with E-state index in [1.807, 2.05) is 0 Å². The summed E-state index contributed by atoms with van der Waals surface area (Å²) in [6, 6.07) is 0. The Morgan fingerprint density at radius 3 is 2.33 bits per heavy atom. The highest BCUT2D eigenvalue weighted by molar-refractivity contribution is 5.83. The second-order valence-corrected chi connectivity index (χ2v) is 4.23. The van der Waals surface area contributed by atoms with E-state index in [9.17, 15) is 18.8 Å². The minimum absolute atomic E-state index is 0.0212. The van der Waals surface area contributed by atoms with Gasteiger partial charge in [-0.1, -0.05) is 0 Å². The number of hydrogen-bond donors (Lipinski definition) is 0. The maximum atomic E-state index is 14.2. The van der Waals surface area contributed by atoms with Gasteiger partial charge >= 0.3 is 18.3 Å². The number of ether oxygens (including phenoxy) is 5. The largest absolute Gasteiger partial charge is 0.508 e. The molecule has 9 heteroatoms. The minimum atomic E-state index is -2.56. The lowest BCUT2D eigenvalue weighted by Gasteiger charge is -2.21. The molecule has 0 amide bonds. The topological polar surface area (TPSA) is 97.4 Å². The van der Waals surface area contributed by atoms with Crippen LogP contribution in [-0.2, 0) is 28.5 Å². The Bertz CT molecular complexity index is 408. The molecule has 0 aromatic heterocycles. The van der Waals surface area contributed by atoms with Crippen LogP contribution in [0.1, 0.15) is 20.8 Å². The molecule has 1 rings (SSSR count). The Morgan fingerprint density at radius 1 is 1.19 bits per heavy atom. The minimum Gasteiger partial charge on any atom is -0.452 e. The molecule has 0 radical (unpaired) electrons. The van der Waals surface area contributed by atoms with Crippen LogP contribution in [-0.4, -0.2) is 56.0 Å². The molecule has 1 aliphatic heterocycles. The van der Waals surface area contributed by atoms with Gasteiger partial charge < -0.3 is 23.7 Å². The third-order valence-electron chi connectivity index (χ3n) is 2.64. The molecule has 120 valence electrons. The average Bonchev–Trinajstić information content (AvgIpc) is 2.60. The second kappa shape index (κ2) is 7.09. The van der Waals surface area contributed by atoms with Crippen LogP contribution in [0.15, 0.2) is 0 Å². The van der Waals surface area contributed by atoms with E-state index in [2.05, 4.69) is 14.2 Å². The molecule has 0 bridgehead atoms. The zero-order valence-corrected chi connectivity index (χ0v) is 11.9. The molecule has 1 aliphatic rings. The molecule has 0 aliphatic carbocycles. The van der Waals surface area contributed by atoms with Crippen molar-refractivity contribution in [1.82, 2.24) is 0 Å². The van der Waals surface area contributed by atoms with Gasteiger partial charge in [0.05, 0.1) is 13.2 Å². The summed E-state index contributed by atoms with van der Waals surface area (Å²) in [7, 11) is 0. The molecule has 0 saturated carbocycles. The molecule has 0 N–H and O–H groups in total. The van der Waals surface area contributed by atoms with Crippen LogP contribution in [0.4, 0.5) is 14.0 Å². The van der Waals surface area contributed by atoms with E-state index in [1.165, 1.54) is 6.92 Å². The first kappa shape index (κ1) is 17.0. The molecule has 1 saturated heterocycles. The number of halogens is 1. The molecule has 0 unspecified atom stereocenters. The fourth-order valence-electron chi connectivity index (χ4n) is 1.65. The molecule has 3 atom stereocenters. The van der Waals surface area contributed by atoms with Gasteiger partial charge in [0.2, 0.25) is 5.67 Å². The van der Waals surface area contributed by atoms with Crippen LogP contribution in [0.25, 0.3) is 0 Å². The first-order valence-electron chi connectivity index (χ1n) is 6.35. The van der Waals surface area contributed by atoms with Crippen molar-refractivity contribution in [3.8, 4) is 0 Å². The van der Waals surface area contributed by atoms with Gasteiger partial charge in [-0.25, -0.2) is 18.8 Å². The number of rotatable bonds is 5. The first-order valence-corrected chi connectivity index (χ1v) is 6.35. The summed E-state index contributed by atoms with van der Waals surface area (Å²) >= 11 is 0. The normalized spacial score (nSPS) is 27.7. The molecule has 1 fully saturated rings. The maximum absolute atomic E-state index is 14.2. The average molecular weight is 308 g/mol. The monoisotopic (exact) mass is 308 g/mol. The number of carbonyl (C=O) groups is 3. The molecule has 1 heterocycles. The van der Waals surface area contributed by atoms with Crippen LogP contribution in [0.2, 0.25) is 0 Å². The summed E-state index contributed by atoms with van der Waals surface area (Å²) in [4.78, 5) is 33.8. The van der Waals surface area contributed by atoms with Crippen molar-refractivity contribution in [2.45, 2.75) is 38.6 Å². The number of cyclic esters (lactones) is 1. The summed E-state index contributed by atoms with van der Waals surface area (Å²) in [5.41, 5.74) is -2.56. The van der Waals surface area contributed by atoms with Gasteiger partial charge in [0, 0.05) is 0 Å². The van der Waals surface area contributed by atoms with E-state index in [4.69, 9.17) is 9.47 Å². The molecule has 21 heavy (non-hydrogen) atoms. The Morgan fingerprint density at radius 2 is 1.76 bits per heavy atom. The zero-order valence-electron chi connectivity index (χ0n) is 11.9. The number of alkyl halides is 1. The standard InChI is InChI=1S/C12H17FO8/c1-4-17-10(15)19-6-7-8(21-11(16)18-5-2)12(3,13)9(14)20-7/h7-8H,4-6H2,1-3H3/t7-,8-,12-/m1/s1. The SMILES string of the molecule is CCOC(=O)OC[C@H]1OC(=O)[C@](C)(F)[C@@H]1OC(=O)OCC. The van der Waals surface area contributed by atoms with Crippen molar-refractivity contribution in [1.29, 1.82) is 0 Å². The Kier molecular flexibility index (Phi) is 5.74. The van der Waals surface area contributed by atoms with Gasteiger partial charge in [-0.05, 0) is 20.8 Å². The summed E-state index contributed by atoms with van der Waals surface area (Å²) < 4.78 is 37.3. The number of hydrogen-bond acceptors (Lipinski definition) is 8. The fourth-order valence-corrected chi connectivity index (χ4v) is 1.65. The first-order chi connectivity index (χ1) is 9.82. The van der Waals surface area contributed by atoms with Crippen molar-refractivity contribution < 1.29 is 42.5 Å². The van der Waals surface area contributed by atoms with Crippen LogP contribution in [0.5, 0.6) is 0 Å². The van der Waals surface area contributed by atoms with E-state index in [0.29, 0.717) is 0 Å². The van der Waals surface area contributed by atoms with E-state index >= 15 is 0 Å². The quantitative estimate of drug-likeness (QED) is 0.554. The van der Waals surface area contributed by atoms with Gasteiger partial charge in [-0.3, -0.25) is 0 Å². The summed E-state index contributed by atoms with van der Waals surface area (Å²) in [5.74, 6) is -1.21. The summed E-state index contributed by atoms with van der Waals surface area (Å²) in [5, 5.41) is 0. The zero-order chi connectivity index (χ0) is 16.0. The third kappa shape index (κ3) is 4.20. The molecule has 0 aromatic carbocycles. The Balaban J connectivity index is 2.69. The second-order valence-electron chi connectivity index (χ2n) is 4.23. The Hall–Kier alpha value is -2.06. The van der Waals surface area contributed by atoms with Crippen molar-refractivity contribution in [2.75, 3.05) is 19.8 Å². The lowest BCUT2D eigenvalue weighted by Crippen LogP contribution is -2.44. The van der Waals surface area contributed by atoms with Crippen molar-refractivity contribution >= 4 is 18.3 Å². The third-order valence-corrected chi connectivity index (χ3v) is 2.64. The van der Waals surface area contributed by atoms with Gasteiger partial charge in [0.25, 0.3) is 0 Å². The molecule has 0 spiro atoms. The molecule has 0 aromatic rings. The molecular formula is C12H17FO8. The van der Waals surface area contributed by atoms with E-state index in [0.717, 1.165) is 6.92 Å². The van der Waals surface area contributed by atoms with Gasteiger partial charge in [0.1, 0.15) is 6.61 Å². The van der Waals surface area contributed by atoms with Crippen LogP contribution < -0.4 is 0 Å². The summed E-state index contributed by atoms with van der Waals surface area (Å²) in [6.45, 7) is 3.62. The van der Waals surface area contributed by atoms with E-state index in [1.54, 1.807) is 6.92 Å². The number of esters is 1. The fraction of sp³-hybridized carbons (Fsp3) is 0.750. The highest BCUT2D eigenvalue weighted by Crippen LogP contribution is 2.32. The van der Waals surface area contributed by atoms with Gasteiger partial charge in [-0.2, -0.15) is 0 Å². The van der Waals surface area contributed by atoms with Crippen molar-refractivity contribution in [2.24, 2.45) is 0 Å². The highest BCUT2D eigenvalue weighted by Gasteiger charge is 2.58. The van der Waals surface area contributed by atoms with Gasteiger partial charge in [0.15, 0.2) is 12.2 Å². The maximum Gasteiger partial charge on any atom is 0.508 e.